The van der Waals surface area contributed by atoms with Crippen LogP contribution in [-0.2, 0) is 22.7 Å². The van der Waals surface area contributed by atoms with E-state index in [4.69, 9.17) is 4.74 Å². The molecule has 20 heavy (non-hydrogen) atoms. The second-order valence-corrected chi connectivity index (χ2v) is 6.09. The second-order valence-electron chi connectivity index (χ2n) is 6.09. The number of nitrogens with one attached hydrogen (secondary N) is 2. The molecule has 0 saturated carbocycles. The topological polar surface area (TPSA) is 50.4 Å². The van der Waals surface area contributed by atoms with Crippen LogP contribution in [0.5, 0.6) is 0 Å². The summed E-state index contributed by atoms with van der Waals surface area (Å²) in [6.07, 6.45) is 0. The maximum absolute atomic E-state index is 12.0. The van der Waals surface area contributed by atoms with E-state index in [9.17, 15) is 4.79 Å². The normalized spacial score (nSPS) is 13.1. The average Bonchev–Trinajstić information content (AvgIpc) is 2.35. The Hall–Kier alpha value is -1.39. The van der Waals surface area contributed by atoms with Crippen molar-refractivity contribution in [1.82, 2.24) is 10.6 Å². The van der Waals surface area contributed by atoms with Crippen LogP contribution in [0.4, 0.5) is 0 Å². The molecule has 0 radical (unpaired) electrons. The van der Waals surface area contributed by atoms with Crippen molar-refractivity contribution < 1.29 is 9.53 Å². The summed E-state index contributed by atoms with van der Waals surface area (Å²) in [5, 5.41) is 6.20. The van der Waals surface area contributed by atoms with Crippen molar-refractivity contribution >= 4 is 5.91 Å². The van der Waals surface area contributed by atoms with E-state index in [0.29, 0.717) is 13.2 Å². The number of amides is 1. The van der Waals surface area contributed by atoms with Crippen LogP contribution in [0.25, 0.3) is 0 Å². The molecule has 112 valence electrons. The molecule has 0 aliphatic rings. The quantitative estimate of drug-likeness (QED) is 0.839. The summed E-state index contributed by atoms with van der Waals surface area (Å²) < 4.78 is 5.12. The zero-order valence-electron chi connectivity index (χ0n) is 13.1. The Labute approximate surface area is 121 Å². The summed E-state index contributed by atoms with van der Waals surface area (Å²) in [6.45, 7) is 9.08. The van der Waals surface area contributed by atoms with E-state index in [2.05, 4.69) is 16.7 Å². The summed E-state index contributed by atoms with van der Waals surface area (Å²) in [7, 11) is 1.68. The monoisotopic (exact) mass is 278 g/mol. The van der Waals surface area contributed by atoms with Gasteiger partial charge in [-0.3, -0.25) is 4.79 Å². The van der Waals surface area contributed by atoms with Crippen molar-refractivity contribution in [3.63, 3.8) is 0 Å². The van der Waals surface area contributed by atoms with Gasteiger partial charge in [0, 0.05) is 19.2 Å². The fraction of sp³-hybridized carbons (Fsp3) is 0.562. The molecule has 0 spiro atoms. The van der Waals surface area contributed by atoms with Crippen LogP contribution in [0.3, 0.4) is 0 Å². The molecule has 2 N–H and O–H groups in total. The van der Waals surface area contributed by atoms with Gasteiger partial charge in [0.25, 0.3) is 0 Å². The molecule has 1 unspecified atom stereocenters. The summed E-state index contributed by atoms with van der Waals surface area (Å²) in [4.78, 5) is 12.0. The minimum Gasteiger partial charge on any atom is -0.380 e. The Balaban J connectivity index is 2.50. The molecule has 1 aromatic rings. The van der Waals surface area contributed by atoms with Crippen molar-refractivity contribution in [3.05, 3.63) is 35.4 Å². The highest BCUT2D eigenvalue weighted by atomic mass is 16.5. The van der Waals surface area contributed by atoms with Crippen LogP contribution in [0.15, 0.2) is 24.3 Å². The molecule has 4 heteroatoms. The first kappa shape index (κ1) is 16.7. The third-order valence-electron chi connectivity index (χ3n) is 2.81. The highest BCUT2D eigenvalue weighted by Crippen LogP contribution is 2.07. The van der Waals surface area contributed by atoms with Gasteiger partial charge in [-0.05, 0) is 38.8 Å². The Kier molecular flexibility index (Phi) is 6.17. The van der Waals surface area contributed by atoms with Gasteiger partial charge in [0.1, 0.15) is 0 Å². The Morgan fingerprint density at radius 3 is 2.55 bits per heavy atom. The van der Waals surface area contributed by atoms with E-state index in [1.54, 1.807) is 7.11 Å². The molecule has 0 aromatic heterocycles. The van der Waals surface area contributed by atoms with Gasteiger partial charge >= 0.3 is 0 Å². The van der Waals surface area contributed by atoms with E-state index in [-0.39, 0.29) is 17.5 Å². The van der Waals surface area contributed by atoms with E-state index < -0.39 is 0 Å². The van der Waals surface area contributed by atoms with Gasteiger partial charge in [-0.25, -0.2) is 0 Å². The fourth-order valence-corrected chi connectivity index (χ4v) is 1.84. The molecule has 0 aliphatic carbocycles. The van der Waals surface area contributed by atoms with E-state index in [0.717, 1.165) is 11.1 Å². The Bertz CT molecular complexity index is 438. The van der Waals surface area contributed by atoms with E-state index >= 15 is 0 Å². The maximum Gasteiger partial charge on any atom is 0.237 e. The van der Waals surface area contributed by atoms with Gasteiger partial charge in [-0.1, -0.05) is 24.3 Å². The van der Waals surface area contributed by atoms with Crippen molar-refractivity contribution in [2.75, 3.05) is 7.11 Å². The van der Waals surface area contributed by atoms with Crippen LogP contribution in [0.1, 0.15) is 38.8 Å². The van der Waals surface area contributed by atoms with Crippen LogP contribution in [0.2, 0.25) is 0 Å². The molecule has 0 fully saturated rings. The van der Waals surface area contributed by atoms with Crippen molar-refractivity contribution in [2.24, 2.45) is 0 Å². The number of ether oxygens (including phenoxy) is 1. The molecule has 0 heterocycles. The number of rotatable bonds is 6. The fourth-order valence-electron chi connectivity index (χ4n) is 1.84. The largest absolute Gasteiger partial charge is 0.380 e. The zero-order valence-corrected chi connectivity index (χ0v) is 13.1. The SMILES string of the molecule is COCc1cccc(CNC(C)C(=O)NC(C)(C)C)c1. The highest BCUT2D eigenvalue weighted by molar-refractivity contribution is 5.81. The molecule has 1 aromatic carbocycles. The molecule has 1 atom stereocenters. The van der Waals surface area contributed by atoms with Gasteiger partial charge in [0.05, 0.1) is 12.6 Å². The summed E-state index contributed by atoms with van der Waals surface area (Å²) >= 11 is 0. The number of carbonyl (C=O) groups excluding carboxylic acids is 1. The minimum atomic E-state index is -0.222. The molecule has 0 bridgehead atoms. The zero-order chi connectivity index (χ0) is 15.2. The summed E-state index contributed by atoms with van der Waals surface area (Å²) in [5.74, 6) is 0.0190. The van der Waals surface area contributed by atoms with E-state index in [1.807, 2.05) is 45.9 Å². The minimum absolute atomic E-state index is 0.0190. The molecular formula is C16H26N2O2. The molecular weight excluding hydrogens is 252 g/mol. The van der Waals surface area contributed by atoms with Gasteiger partial charge in [-0.2, -0.15) is 0 Å². The van der Waals surface area contributed by atoms with Crippen LogP contribution < -0.4 is 10.6 Å². The lowest BCUT2D eigenvalue weighted by Crippen LogP contribution is -2.49. The number of methoxy groups -OCH3 is 1. The van der Waals surface area contributed by atoms with Crippen molar-refractivity contribution in [2.45, 2.75) is 52.4 Å². The van der Waals surface area contributed by atoms with Crippen LogP contribution in [-0.4, -0.2) is 24.6 Å². The Morgan fingerprint density at radius 2 is 1.95 bits per heavy atom. The Morgan fingerprint density at radius 1 is 1.30 bits per heavy atom. The van der Waals surface area contributed by atoms with Crippen LogP contribution >= 0.6 is 0 Å². The summed E-state index contributed by atoms with van der Waals surface area (Å²) in [6, 6.07) is 7.94. The number of hydrogen-bond acceptors (Lipinski definition) is 3. The van der Waals surface area contributed by atoms with Gasteiger partial charge < -0.3 is 15.4 Å². The standard InChI is InChI=1S/C16H26N2O2/c1-12(15(19)18-16(2,3)4)17-10-13-7-6-8-14(9-13)11-20-5/h6-9,12,17H,10-11H2,1-5H3,(H,18,19). The van der Waals surface area contributed by atoms with Gasteiger partial charge in [0.2, 0.25) is 5.91 Å². The molecule has 0 saturated heterocycles. The molecule has 1 rings (SSSR count). The first-order valence-electron chi connectivity index (χ1n) is 6.94. The number of hydrogen-bond donors (Lipinski definition) is 2. The summed E-state index contributed by atoms with van der Waals surface area (Å²) in [5.41, 5.74) is 2.08. The first-order chi connectivity index (χ1) is 9.31. The first-order valence-corrected chi connectivity index (χ1v) is 6.94. The van der Waals surface area contributed by atoms with Gasteiger partial charge in [-0.15, -0.1) is 0 Å². The van der Waals surface area contributed by atoms with Gasteiger partial charge in [0.15, 0.2) is 0 Å². The lowest BCUT2D eigenvalue weighted by molar-refractivity contribution is -0.124. The predicted molar refractivity (Wildman–Crippen MR) is 81.4 cm³/mol. The lowest BCUT2D eigenvalue weighted by atomic mass is 10.1. The second kappa shape index (κ2) is 7.41. The predicted octanol–water partition coefficient (Wildman–Crippen LogP) is 2.23. The molecule has 0 aliphatic heterocycles. The maximum atomic E-state index is 12.0. The highest BCUT2D eigenvalue weighted by Gasteiger charge is 2.18. The van der Waals surface area contributed by atoms with Crippen LogP contribution in [0, 0.1) is 0 Å². The smallest absolute Gasteiger partial charge is 0.237 e. The molecule has 1 amide bonds. The average molecular weight is 278 g/mol. The number of carbonyl (C=O) groups is 1. The number of benzene rings is 1. The third kappa shape index (κ3) is 6.17. The lowest BCUT2D eigenvalue weighted by Gasteiger charge is -2.23. The molecule has 4 nitrogen and oxygen atoms in total. The van der Waals surface area contributed by atoms with Crippen molar-refractivity contribution in [3.8, 4) is 0 Å². The van der Waals surface area contributed by atoms with Crippen molar-refractivity contribution in [1.29, 1.82) is 0 Å². The third-order valence-corrected chi connectivity index (χ3v) is 2.81. The van der Waals surface area contributed by atoms with E-state index in [1.165, 1.54) is 0 Å².